The van der Waals surface area contributed by atoms with Gasteiger partial charge < -0.3 is 15.0 Å². The lowest BCUT2D eigenvalue weighted by Crippen LogP contribution is -2.23. The number of nitrogens with one attached hydrogen (secondary N) is 1. The first-order valence-corrected chi connectivity index (χ1v) is 13.4. The van der Waals surface area contributed by atoms with Gasteiger partial charge in [-0.05, 0) is 72.2 Å². The average molecular weight is 537 g/mol. The number of carbonyl (C=O) groups is 2. The molecule has 0 radical (unpaired) electrons. The number of nitrogens with zero attached hydrogens (tertiary/aromatic N) is 1. The molecule has 2 aromatic carbocycles. The minimum absolute atomic E-state index is 0.106. The van der Waals surface area contributed by atoms with Gasteiger partial charge in [-0.2, -0.15) is 8.42 Å². The van der Waals surface area contributed by atoms with Crippen LogP contribution in [0.25, 0.3) is 0 Å². The molecule has 0 spiro atoms. The molecule has 9 nitrogen and oxygen atoms in total. The van der Waals surface area contributed by atoms with E-state index in [-0.39, 0.29) is 23.3 Å². The molecular formula is C27H40N2O7S. The molecule has 206 valence electrons. The highest BCUT2D eigenvalue weighted by Crippen LogP contribution is 2.30. The number of hydrogen-bond donors (Lipinski definition) is 3. The van der Waals surface area contributed by atoms with E-state index in [2.05, 4.69) is 71.7 Å². The van der Waals surface area contributed by atoms with Crippen molar-refractivity contribution in [3.05, 3.63) is 59.2 Å². The maximum Gasteiger partial charge on any atom is 0.394 e. The fraction of sp³-hybridized carbons (Fsp3) is 0.481. The molecule has 0 saturated heterocycles. The Morgan fingerprint density at radius 2 is 1.30 bits per heavy atom. The zero-order chi connectivity index (χ0) is 28.6. The van der Waals surface area contributed by atoms with Crippen LogP contribution in [0.1, 0.15) is 76.9 Å². The van der Waals surface area contributed by atoms with Gasteiger partial charge in [0.25, 0.3) is 5.91 Å². The van der Waals surface area contributed by atoms with E-state index in [0.717, 1.165) is 29.9 Å². The number of esters is 1. The number of ether oxygens (including phenoxy) is 1. The summed E-state index contributed by atoms with van der Waals surface area (Å²) in [7, 11) is -4.67. The summed E-state index contributed by atoms with van der Waals surface area (Å²) in [5.74, 6) is -0.856. The Bertz CT molecular complexity index is 1120. The zero-order valence-corrected chi connectivity index (χ0v) is 23.8. The molecule has 0 aromatic heterocycles. The van der Waals surface area contributed by atoms with E-state index in [1.165, 1.54) is 0 Å². The fourth-order valence-corrected chi connectivity index (χ4v) is 3.37. The van der Waals surface area contributed by atoms with Crippen LogP contribution in [0.3, 0.4) is 0 Å². The number of carbonyl (C=O) groups excluding carboxylic acids is 2. The van der Waals surface area contributed by atoms with E-state index in [1.807, 2.05) is 36.4 Å². The molecule has 0 aliphatic rings. The molecule has 2 rings (SSSR count). The van der Waals surface area contributed by atoms with Crippen molar-refractivity contribution < 1.29 is 31.8 Å². The summed E-state index contributed by atoms with van der Waals surface area (Å²) >= 11 is 0. The topological polar surface area (TPSA) is 133 Å². The summed E-state index contributed by atoms with van der Waals surface area (Å²) in [4.78, 5) is 27.3. The van der Waals surface area contributed by atoms with Crippen molar-refractivity contribution >= 4 is 33.7 Å². The van der Waals surface area contributed by atoms with Crippen molar-refractivity contribution in [3.8, 4) is 0 Å². The number of anilines is 2. The van der Waals surface area contributed by atoms with E-state index >= 15 is 0 Å². The number of benzene rings is 2. The van der Waals surface area contributed by atoms with Crippen LogP contribution in [0.15, 0.2) is 42.5 Å². The normalized spacial score (nSPS) is 11.7. The van der Waals surface area contributed by atoms with E-state index in [9.17, 15) is 9.59 Å². The average Bonchev–Trinajstić information content (AvgIpc) is 2.77. The monoisotopic (exact) mass is 536 g/mol. The van der Waals surface area contributed by atoms with Crippen molar-refractivity contribution in [1.29, 1.82) is 0 Å². The summed E-state index contributed by atoms with van der Waals surface area (Å²) < 4.78 is 36.9. The van der Waals surface area contributed by atoms with Gasteiger partial charge in [0, 0.05) is 24.5 Å². The Morgan fingerprint density at radius 3 is 1.68 bits per heavy atom. The van der Waals surface area contributed by atoms with Gasteiger partial charge in [-0.25, -0.2) is 4.79 Å². The molecule has 1 amide bonds. The van der Waals surface area contributed by atoms with Crippen LogP contribution < -0.4 is 10.2 Å². The maximum absolute atomic E-state index is 12.7. The molecule has 0 heterocycles. The lowest BCUT2D eigenvalue weighted by atomic mass is 9.79. The molecule has 10 heteroatoms. The van der Waals surface area contributed by atoms with Crippen LogP contribution in [-0.4, -0.2) is 49.1 Å². The number of amides is 1. The second kappa shape index (κ2) is 13.0. The summed E-state index contributed by atoms with van der Waals surface area (Å²) in [6, 6.07) is 13.5. The molecule has 37 heavy (non-hydrogen) atoms. The lowest BCUT2D eigenvalue weighted by Gasteiger charge is -2.25. The van der Waals surface area contributed by atoms with Crippen molar-refractivity contribution in [3.63, 3.8) is 0 Å². The fourth-order valence-electron chi connectivity index (χ4n) is 3.37. The van der Waals surface area contributed by atoms with Crippen molar-refractivity contribution in [2.24, 2.45) is 0 Å². The summed E-state index contributed by atoms with van der Waals surface area (Å²) in [6.07, 6.45) is 0. The highest BCUT2D eigenvalue weighted by molar-refractivity contribution is 7.79. The predicted octanol–water partition coefficient (Wildman–Crippen LogP) is 5.27. The van der Waals surface area contributed by atoms with Crippen LogP contribution >= 0.6 is 0 Å². The lowest BCUT2D eigenvalue weighted by molar-refractivity contribution is -0.119. The Morgan fingerprint density at radius 1 is 0.865 bits per heavy atom. The van der Waals surface area contributed by atoms with Crippen molar-refractivity contribution in [2.45, 2.75) is 66.2 Å². The van der Waals surface area contributed by atoms with Crippen LogP contribution in [0, 0.1) is 0 Å². The molecule has 3 N–H and O–H groups in total. The van der Waals surface area contributed by atoms with Gasteiger partial charge in [0.15, 0.2) is 6.61 Å². The van der Waals surface area contributed by atoms with Gasteiger partial charge in [0.05, 0.1) is 5.56 Å². The van der Waals surface area contributed by atoms with E-state index < -0.39 is 16.4 Å². The third-order valence-electron chi connectivity index (χ3n) is 5.51. The molecule has 0 fully saturated rings. The highest BCUT2D eigenvalue weighted by atomic mass is 32.3. The van der Waals surface area contributed by atoms with Gasteiger partial charge in [-0.1, -0.05) is 47.6 Å². The Labute approximate surface area is 220 Å². The minimum atomic E-state index is -4.67. The minimum Gasteiger partial charge on any atom is -0.452 e. The van der Waals surface area contributed by atoms with Crippen molar-refractivity contribution in [2.75, 3.05) is 29.9 Å². The standard InChI is InChI=1S/C27H38N2O3.H2O4S/c1-9-29(10-2)23-13-11-22(12-14-23)28-24(30)18-32-25(31)19-15-20(26(3,4)5)17-21(16-19)27(6,7)8;1-5(2,3)4/h11-17H,9-10,18H2,1-8H3,(H,28,30);(H2,1,2,3,4). The highest BCUT2D eigenvalue weighted by Gasteiger charge is 2.23. The first-order valence-electron chi connectivity index (χ1n) is 12.0. The molecular weight excluding hydrogens is 496 g/mol. The van der Waals surface area contributed by atoms with E-state index in [4.69, 9.17) is 22.3 Å². The van der Waals surface area contributed by atoms with Crippen molar-refractivity contribution in [1.82, 2.24) is 0 Å². The third-order valence-corrected chi connectivity index (χ3v) is 5.51. The first kappa shape index (κ1) is 32.1. The Balaban J connectivity index is 0.00000124. The van der Waals surface area contributed by atoms with E-state index in [1.54, 1.807) is 0 Å². The van der Waals surface area contributed by atoms with Gasteiger partial charge in [-0.15, -0.1) is 0 Å². The number of rotatable bonds is 7. The molecule has 0 aliphatic heterocycles. The largest absolute Gasteiger partial charge is 0.452 e. The second-order valence-corrected chi connectivity index (χ2v) is 11.5. The van der Waals surface area contributed by atoms with Gasteiger partial charge >= 0.3 is 16.4 Å². The summed E-state index contributed by atoms with van der Waals surface area (Å²) in [5, 5.41) is 2.79. The molecule has 0 aliphatic carbocycles. The zero-order valence-electron chi connectivity index (χ0n) is 23.0. The third kappa shape index (κ3) is 11.8. The first-order chi connectivity index (χ1) is 16.8. The van der Waals surface area contributed by atoms with Crippen LogP contribution in [0.5, 0.6) is 0 Å². The molecule has 2 aromatic rings. The predicted molar refractivity (Wildman–Crippen MR) is 147 cm³/mol. The summed E-state index contributed by atoms with van der Waals surface area (Å²) in [5.41, 5.74) is 4.16. The quantitative estimate of drug-likeness (QED) is 0.322. The van der Waals surface area contributed by atoms with Gasteiger partial charge in [0.2, 0.25) is 0 Å². The maximum atomic E-state index is 12.7. The van der Waals surface area contributed by atoms with Crippen LogP contribution in [0.2, 0.25) is 0 Å². The molecule has 0 atom stereocenters. The van der Waals surface area contributed by atoms with Crippen LogP contribution in [0.4, 0.5) is 11.4 Å². The van der Waals surface area contributed by atoms with Gasteiger partial charge in [-0.3, -0.25) is 13.9 Å². The van der Waals surface area contributed by atoms with E-state index in [0.29, 0.717) is 11.3 Å². The Hall–Kier alpha value is -2.95. The van der Waals surface area contributed by atoms with Gasteiger partial charge in [0.1, 0.15) is 0 Å². The SMILES string of the molecule is CCN(CC)c1ccc(NC(=O)COC(=O)c2cc(C(C)(C)C)cc(C(C)(C)C)c2)cc1.O=S(=O)(O)O. The molecule has 0 unspecified atom stereocenters. The second-order valence-electron chi connectivity index (χ2n) is 10.6. The number of hydrogen-bond acceptors (Lipinski definition) is 6. The van der Waals surface area contributed by atoms with Crippen LogP contribution in [-0.2, 0) is 30.8 Å². The smallest absolute Gasteiger partial charge is 0.394 e. The Kier molecular flexibility index (Phi) is 11.3. The summed E-state index contributed by atoms with van der Waals surface area (Å²) in [6.45, 7) is 18.4. The molecule has 0 bridgehead atoms. The molecule has 0 saturated carbocycles.